The molecule has 0 saturated heterocycles. The lowest BCUT2D eigenvalue weighted by Gasteiger charge is -2.25. The highest BCUT2D eigenvalue weighted by Crippen LogP contribution is 2.40. The molecule has 11 heteroatoms. The molecule has 26 heavy (non-hydrogen) atoms. The third-order valence-corrected chi connectivity index (χ3v) is 4.07. The van der Waals surface area contributed by atoms with Gasteiger partial charge < -0.3 is 20.7 Å². The van der Waals surface area contributed by atoms with Crippen molar-refractivity contribution in [3.05, 3.63) is 32.9 Å². The Morgan fingerprint density at radius 3 is 2.81 bits per heavy atom. The summed E-state index contributed by atoms with van der Waals surface area (Å²) in [5, 5.41) is 20.3. The van der Waals surface area contributed by atoms with E-state index in [1.807, 2.05) is 0 Å². The Labute approximate surface area is 150 Å². The second-order valence-electron chi connectivity index (χ2n) is 6.32. The van der Waals surface area contributed by atoms with Crippen molar-refractivity contribution in [3.8, 4) is 0 Å². The van der Waals surface area contributed by atoms with E-state index < -0.39 is 71.9 Å². The molecular formula is C15H21F2N3O6. The average molecular weight is 380 g/mol. The molecule has 5 atom stereocenters. The zero-order valence-corrected chi connectivity index (χ0v) is 13.9. The molecule has 0 radical (unpaired) electrons. The first kappa shape index (κ1) is 16.1. The number of carbonyl (C=O) groups excluding carboxylic acids is 1. The molecule has 1 aromatic rings. The molecule has 0 amide bonds. The predicted octanol–water partition coefficient (Wildman–Crippen LogP) is -1.42. The van der Waals surface area contributed by atoms with Gasteiger partial charge in [-0.2, -0.15) is 4.39 Å². The Morgan fingerprint density at radius 2 is 2.23 bits per heavy atom. The Bertz CT molecular complexity index is 925. The monoisotopic (exact) mass is 380 g/mol. The van der Waals surface area contributed by atoms with E-state index in [0.717, 1.165) is 0 Å². The molecule has 1 saturated carbocycles. The fourth-order valence-corrected chi connectivity index (χ4v) is 2.37. The van der Waals surface area contributed by atoms with Crippen molar-refractivity contribution < 1.29 is 32.6 Å². The number of H-pyrrole nitrogens is 1. The topological polar surface area (TPSA) is 148 Å². The molecule has 9 nitrogen and oxygen atoms in total. The number of nitrogens with one attached hydrogen (secondary N) is 1. The van der Waals surface area contributed by atoms with Crippen LogP contribution >= 0.6 is 0 Å². The van der Waals surface area contributed by atoms with Gasteiger partial charge in [-0.25, -0.2) is 9.18 Å². The van der Waals surface area contributed by atoms with Crippen LogP contribution in [0.1, 0.15) is 30.4 Å². The van der Waals surface area contributed by atoms with Gasteiger partial charge in [0.15, 0.2) is 5.67 Å². The summed E-state index contributed by atoms with van der Waals surface area (Å²) in [6.07, 6.45) is -6.31. The molecule has 1 heterocycles. The van der Waals surface area contributed by atoms with E-state index in [4.69, 9.17) is 9.85 Å². The average Bonchev–Trinajstić information content (AvgIpc) is 2.79. The Kier molecular flexibility index (Phi) is 4.49. The summed E-state index contributed by atoms with van der Waals surface area (Å²) in [7, 11) is 0. The number of rotatable bonds is 5. The van der Waals surface area contributed by atoms with Gasteiger partial charge in [-0.15, -0.1) is 0 Å². The van der Waals surface area contributed by atoms with Crippen molar-refractivity contribution in [3.63, 3.8) is 0 Å². The number of aliphatic hydroxyl groups is 2. The summed E-state index contributed by atoms with van der Waals surface area (Å²) < 4.78 is 57.6. The smallest absolute Gasteiger partial charge is 0.328 e. The standard InChI is InChI=1S/C15H21F2N3O6/c1-6(2)9(18)13(24)26-5-15(17)3-8(10(21)11(15)22)20-4-7(16)12(23)19-14(20)25/h4,6,8-11,21-22H,3,5,18H2,1-2H3,(H,19,23,25)/t8-,9+,10+,11+,15+/m1/s1/i5D2,8D. The van der Waals surface area contributed by atoms with E-state index in [-0.39, 0.29) is 10.8 Å². The Hall–Kier alpha value is -2.11. The van der Waals surface area contributed by atoms with Crippen molar-refractivity contribution in [2.45, 2.75) is 50.2 Å². The zero-order chi connectivity index (χ0) is 22.5. The number of aliphatic hydroxyl groups excluding tert-OH is 2. The quantitative estimate of drug-likeness (QED) is 0.458. The van der Waals surface area contributed by atoms with Gasteiger partial charge >= 0.3 is 11.7 Å². The third kappa shape index (κ3) is 3.69. The van der Waals surface area contributed by atoms with Crippen molar-refractivity contribution in [2.24, 2.45) is 11.7 Å². The van der Waals surface area contributed by atoms with Crippen LogP contribution in [0.2, 0.25) is 0 Å². The highest BCUT2D eigenvalue weighted by molar-refractivity contribution is 5.75. The summed E-state index contributed by atoms with van der Waals surface area (Å²) in [6.45, 7) is -0.538. The normalized spacial score (nSPS) is 34.8. The Morgan fingerprint density at radius 1 is 1.62 bits per heavy atom. The largest absolute Gasteiger partial charge is 0.461 e. The van der Waals surface area contributed by atoms with Crippen LogP contribution in [0.3, 0.4) is 0 Å². The zero-order valence-electron chi connectivity index (χ0n) is 16.9. The van der Waals surface area contributed by atoms with Crippen LogP contribution in [0.25, 0.3) is 0 Å². The number of alkyl halides is 1. The van der Waals surface area contributed by atoms with Gasteiger partial charge in [0.25, 0.3) is 5.56 Å². The van der Waals surface area contributed by atoms with Gasteiger partial charge in [0.05, 0.1) is 16.3 Å². The first-order chi connectivity index (χ1) is 13.1. The van der Waals surface area contributed by atoms with Crippen molar-refractivity contribution in [1.29, 1.82) is 0 Å². The van der Waals surface area contributed by atoms with Crippen LogP contribution in [-0.4, -0.2) is 56.2 Å². The van der Waals surface area contributed by atoms with Crippen LogP contribution in [0.15, 0.2) is 15.8 Å². The first-order valence-corrected chi connectivity index (χ1v) is 7.64. The van der Waals surface area contributed by atoms with Crippen LogP contribution in [-0.2, 0) is 9.53 Å². The lowest BCUT2D eigenvalue weighted by molar-refractivity contribution is -0.155. The predicted molar refractivity (Wildman–Crippen MR) is 84.6 cm³/mol. The fraction of sp³-hybridized carbons (Fsp3) is 0.667. The van der Waals surface area contributed by atoms with E-state index in [2.05, 4.69) is 4.74 Å². The number of nitrogens with two attached hydrogens (primary N) is 1. The molecule has 1 aromatic heterocycles. The molecular weight excluding hydrogens is 356 g/mol. The maximum atomic E-state index is 15.5. The number of aromatic nitrogens is 2. The van der Waals surface area contributed by atoms with Crippen LogP contribution < -0.4 is 17.0 Å². The summed E-state index contributed by atoms with van der Waals surface area (Å²) in [5.74, 6) is -3.36. The lowest BCUT2D eigenvalue weighted by atomic mass is 10.0. The van der Waals surface area contributed by atoms with Crippen molar-refractivity contribution in [2.75, 3.05) is 6.56 Å². The summed E-state index contributed by atoms with van der Waals surface area (Å²) in [4.78, 5) is 36.6. The van der Waals surface area contributed by atoms with E-state index in [1.165, 1.54) is 18.8 Å². The number of hydrogen-bond donors (Lipinski definition) is 4. The minimum atomic E-state index is -3.58. The minimum absolute atomic E-state index is 0.122. The molecule has 1 fully saturated rings. The third-order valence-electron chi connectivity index (χ3n) is 4.07. The maximum absolute atomic E-state index is 15.5. The molecule has 146 valence electrons. The molecule has 0 unspecified atom stereocenters. The highest BCUT2D eigenvalue weighted by Gasteiger charge is 2.55. The summed E-state index contributed by atoms with van der Waals surface area (Å²) in [5.41, 5.74) is -0.875. The van der Waals surface area contributed by atoms with Crippen molar-refractivity contribution in [1.82, 2.24) is 9.55 Å². The highest BCUT2D eigenvalue weighted by atomic mass is 19.1. The molecule has 5 N–H and O–H groups in total. The SMILES string of the molecule is [2H]C([2H])(OC(=O)[C@@H](N)C(C)C)[C@@]1(F)C[C@@]([2H])(n2cc(F)c(=O)[nH]c2=O)[C@H](O)[C@@H]1O. The van der Waals surface area contributed by atoms with Crippen LogP contribution in [0.4, 0.5) is 8.78 Å². The number of carbonyl (C=O) groups is 1. The summed E-state index contributed by atoms with van der Waals surface area (Å²) in [6, 6.07) is -4.16. The van der Waals surface area contributed by atoms with Gasteiger partial charge in [-0.3, -0.25) is 19.1 Å². The van der Waals surface area contributed by atoms with E-state index in [9.17, 15) is 29.0 Å². The number of nitrogens with zero attached hydrogens (tertiary/aromatic N) is 1. The van der Waals surface area contributed by atoms with Crippen molar-refractivity contribution >= 4 is 5.97 Å². The fourth-order valence-electron chi connectivity index (χ4n) is 2.37. The maximum Gasteiger partial charge on any atom is 0.328 e. The lowest BCUT2D eigenvalue weighted by Crippen LogP contribution is -2.45. The number of halogens is 2. The number of ether oxygens (including phenoxy) is 1. The van der Waals surface area contributed by atoms with E-state index in [0.29, 0.717) is 0 Å². The molecule has 2 rings (SSSR count). The second-order valence-corrected chi connectivity index (χ2v) is 6.32. The molecule has 0 bridgehead atoms. The number of hydrogen-bond acceptors (Lipinski definition) is 7. The first-order valence-electron chi connectivity index (χ1n) is 9.14. The van der Waals surface area contributed by atoms with Gasteiger partial charge in [0, 0.05) is 6.42 Å². The molecule has 1 aliphatic carbocycles. The Balaban J connectivity index is 2.48. The van der Waals surface area contributed by atoms with Gasteiger partial charge in [-0.1, -0.05) is 13.8 Å². The van der Waals surface area contributed by atoms with Crippen LogP contribution in [0.5, 0.6) is 0 Å². The number of esters is 1. The molecule has 0 aromatic carbocycles. The second kappa shape index (κ2) is 7.25. The van der Waals surface area contributed by atoms with Gasteiger partial charge in [0.1, 0.15) is 24.8 Å². The summed E-state index contributed by atoms with van der Waals surface area (Å²) >= 11 is 0. The molecule has 0 spiro atoms. The van der Waals surface area contributed by atoms with Gasteiger partial charge in [0.2, 0.25) is 5.82 Å². The van der Waals surface area contributed by atoms with E-state index >= 15 is 4.39 Å². The minimum Gasteiger partial charge on any atom is -0.461 e. The molecule has 0 aliphatic heterocycles. The van der Waals surface area contributed by atoms with Gasteiger partial charge in [-0.05, 0) is 5.92 Å². The molecule has 1 aliphatic rings. The number of aromatic amines is 1. The van der Waals surface area contributed by atoms with Crippen LogP contribution in [0, 0.1) is 11.7 Å². The van der Waals surface area contributed by atoms with E-state index in [1.54, 1.807) is 0 Å².